The second kappa shape index (κ2) is 7.72. The molecule has 0 bridgehead atoms. The first kappa shape index (κ1) is 17.5. The molecular weight excluding hydrogens is 322 g/mol. The van der Waals surface area contributed by atoms with Crippen molar-refractivity contribution in [2.45, 2.75) is 32.1 Å². The molecule has 0 unspecified atom stereocenters. The molecule has 0 atom stereocenters. The van der Waals surface area contributed by atoms with Gasteiger partial charge in [0.25, 0.3) is 0 Å². The Morgan fingerprint density at radius 1 is 1.24 bits per heavy atom. The minimum Gasteiger partial charge on any atom is -0.490 e. The smallest absolute Gasteiger partial charge is 0.333 e. The van der Waals surface area contributed by atoms with E-state index < -0.39 is 0 Å². The fraction of sp³-hybridized carbons (Fsp3) is 0.611. The van der Waals surface area contributed by atoms with Gasteiger partial charge in [-0.15, -0.1) is 0 Å². The molecule has 0 aromatic heterocycles. The maximum atomic E-state index is 12.0. The van der Waals surface area contributed by atoms with Crippen molar-refractivity contribution in [3.8, 4) is 5.75 Å². The van der Waals surface area contributed by atoms with Crippen molar-refractivity contribution in [1.29, 1.82) is 0 Å². The van der Waals surface area contributed by atoms with Crippen LogP contribution < -0.4 is 9.64 Å². The van der Waals surface area contributed by atoms with Crippen molar-refractivity contribution in [3.63, 3.8) is 0 Å². The lowest BCUT2D eigenvalue weighted by atomic mass is 9.94. The molecule has 0 saturated carbocycles. The molecule has 2 heterocycles. The molecule has 1 amide bonds. The molecule has 2 saturated heterocycles. The zero-order chi connectivity index (χ0) is 17.8. The highest BCUT2D eigenvalue weighted by Crippen LogP contribution is 2.38. The number of rotatable bonds is 5. The summed E-state index contributed by atoms with van der Waals surface area (Å²) in [5.41, 5.74) is 0.659. The van der Waals surface area contributed by atoms with Crippen LogP contribution >= 0.6 is 0 Å². The van der Waals surface area contributed by atoms with Gasteiger partial charge in [-0.3, -0.25) is 14.9 Å². The highest BCUT2D eigenvalue weighted by Gasteiger charge is 2.29. The third-order valence-corrected chi connectivity index (χ3v) is 5.24. The van der Waals surface area contributed by atoms with E-state index in [2.05, 4.69) is 4.90 Å². The topological polar surface area (TPSA) is 75.9 Å². The number of methoxy groups -OCH3 is 1. The summed E-state index contributed by atoms with van der Waals surface area (Å²) in [6, 6.07) is 5.20. The number of ether oxygens (including phenoxy) is 1. The molecule has 2 fully saturated rings. The second-order valence-electron chi connectivity index (χ2n) is 6.81. The van der Waals surface area contributed by atoms with Crippen LogP contribution in [0.1, 0.15) is 32.1 Å². The minimum absolute atomic E-state index is 0.0367. The number of para-hydroxylation sites is 1. The van der Waals surface area contributed by atoms with Gasteiger partial charge in [0, 0.05) is 32.6 Å². The summed E-state index contributed by atoms with van der Waals surface area (Å²) in [4.78, 5) is 27.1. The number of carbonyl (C=O) groups is 1. The van der Waals surface area contributed by atoms with E-state index in [1.54, 1.807) is 18.2 Å². The molecule has 0 radical (unpaired) electrons. The number of hydrogen-bond acceptors (Lipinski definition) is 5. The lowest BCUT2D eigenvalue weighted by Gasteiger charge is -2.37. The molecule has 25 heavy (non-hydrogen) atoms. The highest BCUT2D eigenvalue weighted by atomic mass is 16.6. The summed E-state index contributed by atoms with van der Waals surface area (Å²) in [5.74, 6) is 1.05. The normalized spacial score (nSPS) is 19.2. The van der Waals surface area contributed by atoms with Gasteiger partial charge in [-0.05, 0) is 43.7 Å². The summed E-state index contributed by atoms with van der Waals surface area (Å²) in [5, 5.41) is 11.5. The molecule has 0 aliphatic carbocycles. The summed E-state index contributed by atoms with van der Waals surface area (Å²) in [7, 11) is 1.45. The average molecular weight is 347 g/mol. The number of benzene rings is 1. The number of carbonyl (C=O) groups excluding carboxylic acids is 1. The van der Waals surface area contributed by atoms with Crippen LogP contribution in [0.5, 0.6) is 5.75 Å². The fourth-order valence-corrected chi connectivity index (χ4v) is 3.84. The molecule has 0 N–H and O–H groups in total. The van der Waals surface area contributed by atoms with Crippen molar-refractivity contribution in [2.75, 3.05) is 38.2 Å². The summed E-state index contributed by atoms with van der Waals surface area (Å²) in [6.45, 7) is 3.23. The van der Waals surface area contributed by atoms with E-state index >= 15 is 0 Å². The number of nitrogens with zero attached hydrogens (tertiary/aromatic N) is 3. The van der Waals surface area contributed by atoms with Crippen molar-refractivity contribution >= 4 is 17.3 Å². The lowest BCUT2D eigenvalue weighted by Crippen LogP contribution is -2.42. The minimum atomic E-state index is -0.368. The van der Waals surface area contributed by atoms with Gasteiger partial charge < -0.3 is 14.5 Å². The molecule has 3 rings (SSSR count). The van der Waals surface area contributed by atoms with Crippen LogP contribution in [0, 0.1) is 16.0 Å². The SMILES string of the molecule is COc1cccc(N2CCC(CN3CCCCC3=O)CC2)c1[N+](=O)[O-]. The first-order valence-corrected chi connectivity index (χ1v) is 8.94. The second-order valence-corrected chi connectivity index (χ2v) is 6.81. The molecule has 1 aromatic carbocycles. The Kier molecular flexibility index (Phi) is 5.40. The van der Waals surface area contributed by atoms with E-state index in [0.717, 1.165) is 51.9 Å². The van der Waals surface area contributed by atoms with E-state index in [9.17, 15) is 14.9 Å². The van der Waals surface area contributed by atoms with Crippen molar-refractivity contribution in [3.05, 3.63) is 28.3 Å². The Balaban J connectivity index is 1.64. The third kappa shape index (κ3) is 3.86. The van der Waals surface area contributed by atoms with E-state index in [-0.39, 0.29) is 16.5 Å². The summed E-state index contributed by atoms with van der Waals surface area (Å²) >= 11 is 0. The quantitative estimate of drug-likeness (QED) is 0.605. The number of nitro groups is 1. The Bertz CT molecular complexity index is 641. The van der Waals surface area contributed by atoms with Gasteiger partial charge in [0.1, 0.15) is 5.69 Å². The van der Waals surface area contributed by atoms with E-state index in [4.69, 9.17) is 4.74 Å². The maximum absolute atomic E-state index is 12.0. The summed E-state index contributed by atoms with van der Waals surface area (Å²) in [6.07, 6.45) is 4.67. The van der Waals surface area contributed by atoms with E-state index in [1.165, 1.54) is 7.11 Å². The standard InChI is InChI=1S/C18H25N3O4/c1-25-16-6-4-5-15(18(16)21(23)24)19-11-8-14(9-12-19)13-20-10-3-2-7-17(20)22/h4-6,14H,2-3,7-13H2,1H3. The molecular formula is C18H25N3O4. The Labute approximate surface area is 147 Å². The van der Waals surface area contributed by atoms with Gasteiger partial charge in [0.05, 0.1) is 12.0 Å². The Morgan fingerprint density at radius 3 is 2.64 bits per heavy atom. The van der Waals surface area contributed by atoms with Crippen LogP contribution in [0.2, 0.25) is 0 Å². The van der Waals surface area contributed by atoms with Crippen LogP contribution in [0.25, 0.3) is 0 Å². The zero-order valence-corrected chi connectivity index (χ0v) is 14.6. The Hall–Kier alpha value is -2.31. The predicted molar refractivity (Wildman–Crippen MR) is 95.0 cm³/mol. The van der Waals surface area contributed by atoms with Crippen LogP contribution in [-0.4, -0.2) is 49.0 Å². The number of anilines is 1. The molecule has 7 heteroatoms. The predicted octanol–water partition coefficient (Wildman–Crippen LogP) is 2.83. The van der Waals surface area contributed by atoms with Gasteiger partial charge in [-0.25, -0.2) is 0 Å². The highest BCUT2D eigenvalue weighted by molar-refractivity contribution is 5.76. The lowest BCUT2D eigenvalue weighted by molar-refractivity contribution is -0.385. The number of nitro benzene ring substituents is 1. The fourth-order valence-electron chi connectivity index (χ4n) is 3.84. The third-order valence-electron chi connectivity index (χ3n) is 5.24. The van der Waals surface area contributed by atoms with Crippen molar-refractivity contribution in [1.82, 2.24) is 4.90 Å². The van der Waals surface area contributed by atoms with Gasteiger partial charge in [-0.2, -0.15) is 0 Å². The van der Waals surface area contributed by atoms with Crippen molar-refractivity contribution in [2.24, 2.45) is 5.92 Å². The monoisotopic (exact) mass is 347 g/mol. The van der Waals surface area contributed by atoms with Gasteiger partial charge in [0.15, 0.2) is 5.75 Å². The van der Waals surface area contributed by atoms with Crippen LogP contribution in [-0.2, 0) is 4.79 Å². The molecule has 136 valence electrons. The average Bonchev–Trinajstić information content (AvgIpc) is 2.63. The molecule has 2 aliphatic heterocycles. The van der Waals surface area contributed by atoms with Gasteiger partial charge in [-0.1, -0.05) is 6.07 Å². The van der Waals surface area contributed by atoms with Crippen LogP contribution in [0.4, 0.5) is 11.4 Å². The molecule has 7 nitrogen and oxygen atoms in total. The molecule has 1 aromatic rings. The maximum Gasteiger partial charge on any atom is 0.333 e. The molecule has 2 aliphatic rings. The summed E-state index contributed by atoms with van der Waals surface area (Å²) < 4.78 is 5.16. The van der Waals surface area contributed by atoms with E-state index in [1.807, 2.05) is 4.90 Å². The van der Waals surface area contributed by atoms with Crippen molar-refractivity contribution < 1.29 is 14.5 Å². The van der Waals surface area contributed by atoms with Gasteiger partial charge in [0.2, 0.25) is 5.91 Å². The number of hydrogen-bond donors (Lipinski definition) is 0. The molecule has 0 spiro atoms. The number of piperidine rings is 2. The Morgan fingerprint density at radius 2 is 2.00 bits per heavy atom. The zero-order valence-electron chi connectivity index (χ0n) is 14.6. The van der Waals surface area contributed by atoms with Gasteiger partial charge >= 0.3 is 5.69 Å². The largest absolute Gasteiger partial charge is 0.490 e. The number of likely N-dealkylation sites (tertiary alicyclic amines) is 1. The first-order chi connectivity index (χ1) is 12.1. The number of amides is 1. The van der Waals surface area contributed by atoms with Crippen LogP contribution in [0.3, 0.4) is 0 Å². The van der Waals surface area contributed by atoms with E-state index in [0.29, 0.717) is 23.8 Å². The first-order valence-electron chi connectivity index (χ1n) is 8.94. The van der Waals surface area contributed by atoms with Crippen LogP contribution in [0.15, 0.2) is 18.2 Å².